The largest absolute Gasteiger partial charge is 0.496 e. The monoisotopic (exact) mass is 232 g/mol. The van der Waals surface area contributed by atoms with Gasteiger partial charge in [0.1, 0.15) is 5.75 Å². The van der Waals surface area contributed by atoms with Crippen LogP contribution in [0.2, 0.25) is 0 Å². The van der Waals surface area contributed by atoms with Crippen LogP contribution in [-0.4, -0.2) is 12.1 Å². The molecule has 0 fully saturated rings. The van der Waals surface area contributed by atoms with Gasteiger partial charge in [0.15, 0.2) is 5.76 Å². The highest BCUT2D eigenvalue weighted by Crippen LogP contribution is 2.27. The van der Waals surface area contributed by atoms with Gasteiger partial charge in [0.2, 0.25) is 5.89 Å². The first-order valence-corrected chi connectivity index (χ1v) is 5.60. The summed E-state index contributed by atoms with van der Waals surface area (Å²) in [7, 11) is 1.68. The third-order valence-electron chi connectivity index (χ3n) is 2.67. The van der Waals surface area contributed by atoms with Crippen molar-refractivity contribution < 1.29 is 9.15 Å². The van der Waals surface area contributed by atoms with Gasteiger partial charge in [-0.1, -0.05) is 6.92 Å². The van der Waals surface area contributed by atoms with Crippen LogP contribution in [0.25, 0.3) is 11.3 Å². The van der Waals surface area contributed by atoms with E-state index in [0.29, 0.717) is 12.4 Å². The lowest BCUT2D eigenvalue weighted by Crippen LogP contribution is -1.94. The molecule has 1 aromatic carbocycles. The molecular weight excluding hydrogens is 216 g/mol. The molecule has 90 valence electrons. The standard InChI is InChI=1S/C13H16N2O2/c1-3-9-6-10(4-5-11(9)16-2)12-8-15-13(7-14)17-12/h4-6,8H,3,7,14H2,1-2H3. The number of aryl methyl sites for hydroxylation is 1. The van der Waals surface area contributed by atoms with Gasteiger partial charge in [-0.05, 0) is 30.2 Å². The Bertz CT molecular complexity index is 506. The normalized spacial score (nSPS) is 10.5. The van der Waals surface area contributed by atoms with Crippen molar-refractivity contribution in [2.45, 2.75) is 19.9 Å². The smallest absolute Gasteiger partial charge is 0.208 e. The van der Waals surface area contributed by atoms with E-state index >= 15 is 0 Å². The van der Waals surface area contributed by atoms with Crippen LogP contribution >= 0.6 is 0 Å². The van der Waals surface area contributed by atoms with Crippen molar-refractivity contribution in [2.24, 2.45) is 5.73 Å². The van der Waals surface area contributed by atoms with E-state index < -0.39 is 0 Å². The maximum Gasteiger partial charge on any atom is 0.208 e. The lowest BCUT2D eigenvalue weighted by molar-refractivity contribution is 0.410. The van der Waals surface area contributed by atoms with E-state index in [4.69, 9.17) is 14.9 Å². The number of oxazole rings is 1. The van der Waals surface area contributed by atoms with Crippen molar-refractivity contribution in [3.05, 3.63) is 35.9 Å². The molecule has 4 heteroatoms. The van der Waals surface area contributed by atoms with Crippen LogP contribution in [-0.2, 0) is 13.0 Å². The summed E-state index contributed by atoms with van der Waals surface area (Å²) < 4.78 is 10.8. The van der Waals surface area contributed by atoms with Crippen LogP contribution in [0.5, 0.6) is 5.75 Å². The minimum Gasteiger partial charge on any atom is -0.496 e. The van der Waals surface area contributed by atoms with Gasteiger partial charge in [0.25, 0.3) is 0 Å². The van der Waals surface area contributed by atoms with Crippen molar-refractivity contribution >= 4 is 0 Å². The summed E-state index contributed by atoms with van der Waals surface area (Å²) in [6.45, 7) is 2.41. The Morgan fingerprint density at radius 1 is 1.41 bits per heavy atom. The number of ether oxygens (including phenoxy) is 1. The molecule has 2 rings (SSSR count). The summed E-state index contributed by atoms with van der Waals surface area (Å²) in [5.41, 5.74) is 7.61. The second kappa shape index (κ2) is 5.01. The second-order valence-corrected chi connectivity index (χ2v) is 3.70. The highest BCUT2D eigenvalue weighted by molar-refractivity contribution is 5.60. The molecule has 0 atom stereocenters. The number of nitrogens with two attached hydrogens (primary N) is 1. The van der Waals surface area contributed by atoms with Gasteiger partial charge in [-0.3, -0.25) is 0 Å². The number of benzene rings is 1. The Labute approximate surface area is 100 Å². The number of methoxy groups -OCH3 is 1. The van der Waals surface area contributed by atoms with E-state index in [1.807, 2.05) is 12.1 Å². The first kappa shape index (κ1) is 11.7. The Kier molecular flexibility index (Phi) is 3.44. The van der Waals surface area contributed by atoms with E-state index in [1.165, 1.54) is 0 Å². The third-order valence-corrected chi connectivity index (χ3v) is 2.67. The summed E-state index contributed by atoms with van der Waals surface area (Å²) in [4.78, 5) is 4.09. The SMILES string of the molecule is CCc1cc(-c2cnc(CN)o2)ccc1OC. The van der Waals surface area contributed by atoms with E-state index in [-0.39, 0.29) is 0 Å². The Morgan fingerprint density at radius 3 is 2.82 bits per heavy atom. The van der Waals surface area contributed by atoms with Crippen LogP contribution in [0.3, 0.4) is 0 Å². The topological polar surface area (TPSA) is 61.3 Å². The van der Waals surface area contributed by atoms with Crippen LogP contribution in [0.4, 0.5) is 0 Å². The highest BCUT2D eigenvalue weighted by Gasteiger charge is 2.08. The van der Waals surface area contributed by atoms with Gasteiger partial charge >= 0.3 is 0 Å². The number of hydrogen-bond donors (Lipinski definition) is 1. The average molecular weight is 232 g/mol. The molecular formula is C13H16N2O2. The summed E-state index contributed by atoms with van der Waals surface area (Å²) in [5, 5.41) is 0. The van der Waals surface area contributed by atoms with Gasteiger partial charge in [0, 0.05) is 5.56 Å². The maximum atomic E-state index is 5.51. The van der Waals surface area contributed by atoms with Crippen molar-refractivity contribution in [2.75, 3.05) is 7.11 Å². The van der Waals surface area contributed by atoms with Crippen LogP contribution < -0.4 is 10.5 Å². The Morgan fingerprint density at radius 2 is 2.24 bits per heavy atom. The van der Waals surface area contributed by atoms with Gasteiger partial charge in [-0.2, -0.15) is 0 Å². The minimum absolute atomic E-state index is 0.316. The lowest BCUT2D eigenvalue weighted by Gasteiger charge is -2.07. The average Bonchev–Trinajstić information content (AvgIpc) is 2.86. The fourth-order valence-electron chi connectivity index (χ4n) is 1.75. The molecule has 2 aromatic rings. The van der Waals surface area contributed by atoms with Gasteiger partial charge in [-0.25, -0.2) is 4.98 Å². The molecule has 0 aliphatic heterocycles. The van der Waals surface area contributed by atoms with Crippen molar-refractivity contribution in [1.82, 2.24) is 4.98 Å². The first-order valence-electron chi connectivity index (χ1n) is 5.60. The molecule has 0 amide bonds. The number of nitrogens with zero attached hydrogens (tertiary/aromatic N) is 1. The van der Waals surface area contributed by atoms with Crippen molar-refractivity contribution in [3.8, 4) is 17.1 Å². The minimum atomic E-state index is 0.316. The van der Waals surface area contributed by atoms with E-state index in [9.17, 15) is 0 Å². The molecule has 0 bridgehead atoms. The molecule has 0 saturated heterocycles. The summed E-state index contributed by atoms with van der Waals surface area (Å²) in [6, 6.07) is 5.96. The zero-order valence-corrected chi connectivity index (χ0v) is 10.1. The summed E-state index contributed by atoms with van der Waals surface area (Å²) >= 11 is 0. The van der Waals surface area contributed by atoms with Gasteiger partial charge in [0.05, 0.1) is 19.9 Å². The zero-order chi connectivity index (χ0) is 12.3. The number of hydrogen-bond acceptors (Lipinski definition) is 4. The quantitative estimate of drug-likeness (QED) is 0.879. The molecule has 2 N–H and O–H groups in total. The predicted molar refractivity (Wildman–Crippen MR) is 65.8 cm³/mol. The molecule has 0 radical (unpaired) electrons. The van der Waals surface area contributed by atoms with E-state index in [0.717, 1.165) is 29.1 Å². The maximum absolute atomic E-state index is 5.51. The third kappa shape index (κ3) is 2.31. The predicted octanol–water partition coefficient (Wildman–Crippen LogP) is 2.37. The molecule has 1 heterocycles. The molecule has 0 unspecified atom stereocenters. The molecule has 0 spiro atoms. The van der Waals surface area contributed by atoms with Crippen molar-refractivity contribution in [3.63, 3.8) is 0 Å². The second-order valence-electron chi connectivity index (χ2n) is 3.70. The zero-order valence-electron chi connectivity index (χ0n) is 10.1. The summed E-state index contributed by atoms with van der Waals surface area (Å²) in [5.74, 6) is 2.19. The molecule has 0 saturated carbocycles. The molecule has 0 aliphatic rings. The molecule has 17 heavy (non-hydrogen) atoms. The van der Waals surface area contributed by atoms with Crippen molar-refractivity contribution in [1.29, 1.82) is 0 Å². The van der Waals surface area contributed by atoms with E-state index in [1.54, 1.807) is 13.3 Å². The molecule has 4 nitrogen and oxygen atoms in total. The van der Waals surface area contributed by atoms with E-state index in [2.05, 4.69) is 18.0 Å². The lowest BCUT2D eigenvalue weighted by atomic mass is 10.1. The fourth-order valence-corrected chi connectivity index (χ4v) is 1.75. The highest BCUT2D eigenvalue weighted by atomic mass is 16.5. The molecule has 1 aromatic heterocycles. The van der Waals surface area contributed by atoms with Crippen LogP contribution in [0.1, 0.15) is 18.4 Å². The fraction of sp³-hybridized carbons (Fsp3) is 0.308. The van der Waals surface area contributed by atoms with Crippen LogP contribution in [0.15, 0.2) is 28.8 Å². The Balaban J connectivity index is 2.38. The number of rotatable bonds is 4. The van der Waals surface area contributed by atoms with Gasteiger partial charge < -0.3 is 14.9 Å². The Hall–Kier alpha value is -1.81. The van der Waals surface area contributed by atoms with Crippen LogP contribution in [0, 0.1) is 0 Å². The van der Waals surface area contributed by atoms with Gasteiger partial charge in [-0.15, -0.1) is 0 Å². The number of aromatic nitrogens is 1. The molecule has 0 aliphatic carbocycles. The first-order chi connectivity index (χ1) is 8.28. The summed E-state index contributed by atoms with van der Waals surface area (Å²) in [6.07, 6.45) is 2.61.